The number of halogens is 2. The van der Waals surface area contributed by atoms with E-state index in [2.05, 4.69) is 215 Å². The first kappa shape index (κ1) is 110. The third kappa shape index (κ3) is 35.0. The number of fused-ring (bicyclic) bond motifs is 3. The summed E-state index contributed by atoms with van der Waals surface area (Å²) < 4.78 is 26.3. The molecule has 2 unspecified atom stereocenters. The topological polar surface area (TPSA) is 299 Å². The van der Waals surface area contributed by atoms with Gasteiger partial charge in [-0.2, -0.15) is 15.3 Å². The van der Waals surface area contributed by atoms with E-state index in [9.17, 15) is 19.5 Å². The number of nitrogens with zero attached hydrogens (tertiary/aromatic N) is 11. The van der Waals surface area contributed by atoms with Gasteiger partial charge in [0.2, 0.25) is 11.8 Å². The van der Waals surface area contributed by atoms with Gasteiger partial charge >= 0.3 is 138 Å². The van der Waals surface area contributed by atoms with Crippen molar-refractivity contribution in [3.63, 3.8) is 0 Å². The van der Waals surface area contributed by atoms with Crippen LogP contribution in [0.5, 0.6) is 29.0 Å². The molecule has 2 fully saturated rings. The number of phenols is 1. The van der Waals surface area contributed by atoms with Gasteiger partial charge in [0.05, 0.1) is 17.1 Å². The van der Waals surface area contributed by atoms with Crippen LogP contribution in [-0.2, 0) is 19.2 Å². The van der Waals surface area contributed by atoms with Gasteiger partial charge in [-0.3, -0.25) is 34.1 Å². The minimum absolute atomic E-state index is 0. The summed E-state index contributed by atoms with van der Waals surface area (Å²) in [5.74, 6) is 69.9. The molecular weight excluding hydrogens is 1920 g/mol. The number of aromatic hydroxyl groups is 1. The maximum atomic E-state index is 13.0. The summed E-state index contributed by atoms with van der Waals surface area (Å²) in [5, 5.41) is 36.9. The molecule has 2 aliphatic rings. The molecule has 0 radical (unpaired) electrons. The Balaban J connectivity index is 0.000000411. The fourth-order valence-corrected chi connectivity index (χ4v) is 12.1. The average Bonchev–Trinajstić information content (AvgIpc) is 0.786. The van der Waals surface area contributed by atoms with Gasteiger partial charge in [0.25, 0.3) is 23.2 Å². The predicted molar refractivity (Wildman–Crippen MR) is 499 cm³/mol. The van der Waals surface area contributed by atoms with Crippen LogP contribution in [0.25, 0.3) is 66.1 Å². The SMILES string of the molecule is C.C#CC#CC#CC#CC#CC#CC#CC.CC#CC#CC#CC#CC#CC#CC#CC.Cc1n[nH]c(=O)c(C)c1-c1ccc(Oc2nccc3cccnc23)cc1.Cc1nn(C2CCCCO2)c(=O)c(C)c1-c1ccc(O)cc1.Cc1nn(C2CCCCO2)c(=O)c(C)c1-c1ccc(Oc2nccc3cccnc23)cc1.Cl.Clc1nccc2cccnc12.O=CO[O-].[Cs+].[Cs+].[H-]. The zero-order chi connectivity index (χ0) is 90.1. The largest absolute Gasteiger partial charge is 1.00 e. The minimum atomic E-state index is -0.278. The Morgan fingerprint density at radius 3 is 1.13 bits per heavy atom. The first-order valence-corrected chi connectivity index (χ1v) is 38.9. The molecule has 2 atom stereocenters. The molecule has 27 heteroatoms. The Labute approximate surface area is 886 Å². The van der Waals surface area contributed by atoms with Crippen molar-refractivity contribution in [2.75, 3.05) is 13.2 Å². The number of pyridine rings is 6. The van der Waals surface area contributed by atoms with Gasteiger partial charge in [0, 0.05) is 99.9 Å². The van der Waals surface area contributed by atoms with Crippen molar-refractivity contribution >= 4 is 63.2 Å². The third-order valence-corrected chi connectivity index (χ3v) is 17.7. The molecule has 0 aliphatic carbocycles. The van der Waals surface area contributed by atoms with E-state index in [1.807, 2.05) is 138 Å². The Bertz CT molecular complexity index is 7050. The molecule has 12 aromatic rings. The van der Waals surface area contributed by atoms with Gasteiger partial charge in [-0.25, -0.2) is 29.4 Å². The van der Waals surface area contributed by atoms with E-state index in [0.29, 0.717) is 69.3 Å². The van der Waals surface area contributed by atoms with Gasteiger partial charge in [-0.05, 0) is 332 Å². The molecule has 11 heterocycles. The number of hydrogen-bond donors (Lipinski definition) is 2. The van der Waals surface area contributed by atoms with Crippen molar-refractivity contribution in [2.45, 2.75) is 121 Å². The van der Waals surface area contributed by atoms with Gasteiger partial charge in [0.1, 0.15) is 33.8 Å². The van der Waals surface area contributed by atoms with Crippen LogP contribution >= 0.6 is 24.0 Å². The molecule has 0 saturated carbocycles. The van der Waals surface area contributed by atoms with E-state index in [4.69, 9.17) is 47.0 Å². The van der Waals surface area contributed by atoms with E-state index >= 15 is 0 Å². The fourth-order valence-electron chi connectivity index (χ4n) is 11.9. The molecule has 2 saturated heterocycles. The Hall–Kier alpha value is -12.7. The molecular formula is C103H82Cl2Cs2N12O11. The molecule has 636 valence electrons. The number of aryl methyl sites for hydroxylation is 3. The quantitative estimate of drug-likeness (QED) is 0.0423. The smallest absolute Gasteiger partial charge is 1.00 e. The van der Waals surface area contributed by atoms with Gasteiger partial charge < -0.3 is 35.6 Å². The van der Waals surface area contributed by atoms with Crippen LogP contribution in [-0.4, -0.2) is 84.5 Å². The number of ether oxygens (including phenoxy) is 4. The number of phenolic OH excluding ortho intramolecular Hbond substituents is 1. The molecule has 14 rings (SSSR count). The van der Waals surface area contributed by atoms with E-state index in [1.165, 1.54) is 9.36 Å². The Morgan fingerprint density at radius 1 is 0.462 bits per heavy atom. The normalized spacial score (nSPS) is 11.2. The van der Waals surface area contributed by atoms with Crippen molar-refractivity contribution in [3.05, 3.63) is 235 Å². The molecule has 9 aromatic heterocycles. The molecule has 2 N–H and O–H groups in total. The summed E-state index contributed by atoms with van der Waals surface area (Å²) >= 11 is 5.78. The number of aromatic nitrogens is 12. The molecule has 0 bridgehead atoms. The average molecular weight is 2000 g/mol. The molecule has 2 aliphatic heterocycles. The van der Waals surface area contributed by atoms with E-state index in [0.717, 1.165) is 111 Å². The first-order valence-electron chi connectivity index (χ1n) is 38.5. The monoisotopic (exact) mass is 2000 g/mol. The van der Waals surface area contributed by atoms with Gasteiger partial charge in [0.15, 0.2) is 17.6 Å². The van der Waals surface area contributed by atoms with Crippen LogP contribution in [0.2, 0.25) is 5.15 Å². The zero-order valence-corrected chi connectivity index (χ0v) is 86.4. The van der Waals surface area contributed by atoms with Crippen LogP contribution in [0.4, 0.5) is 0 Å². The number of nitrogens with one attached hydrogen (secondary N) is 1. The van der Waals surface area contributed by atoms with Crippen LogP contribution in [0.1, 0.15) is 114 Å². The number of benzene rings is 3. The summed E-state index contributed by atoms with van der Waals surface area (Å²) in [5.41, 5.74) is 11.3. The second kappa shape index (κ2) is 61.7. The maximum absolute atomic E-state index is 13.0. The van der Waals surface area contributed by atoms with Crippen molar-refractivity contribution in [2.24, 2.45) is 0 Å². The van der Waals surface area contributed by atoms with Crippen LogP contribution < -0.4 is 169 Å². The number of terminal acetylenes is 1. The summed E-state index contributed by atoms with van der Waals surface area (Å²) in [6, 6.07) is 39.1. The van der Waals surface area contributed by atoms with Crippen LogP contribution in [0, 0.1) is 208 Å². The standard InChI is InChI=1S/C25H24N4O3.C20H16N4O2.C17H20N2O3.C16H6.C15H4.C8H5ClN2.CH2O3.CH4.ClH.2Cs.H/c1-16-22(17(2)28-29(25(16)30)21-7-3-4-15-31-21)18-8-10-20(11-9-18)32-24-23-19(12-14-27-24)6-5-13-26-23;1-12-17(13(2)23-24-19(12)25)14-5-7-16(8-6-14)26-20-18-15(9-11-22-20)4-3-10-21-18;1-11-16(13-6-8-14(20)9-7-13)12(2)18-19(17(11)21)15-5-3-4-10-22-15;1-3-5-7-9-11-13-15-16-14-12-10-8-6-4-2;1-3-5-7-9-11-13-15-14-12-10-8-6-4-2;9-8-7-6(3-5-11-8)2-1-4-10-7;2-1-4-3;;;;;/h5-6,8-14,21H,3-4,7,15H2,1-2H3;3-11H,1-2H3,(H,24,25);6-9,15,20H,3-5,10H2,1-2H3;1-2H3;1H,2H3;1-5H;1,3H;1H4;1H;;;/q;;;;;;;;;2*+1;-1/p-1. The van der Waals surface area contributed by atoms with E-state index in [1.54, 1.807) is 89.1 Å². The summed E-state index contributed by atoms with van der Waals surface area (Å²) in [4.78, 5) is 74.1. The molecule has 0 amide bonds. The Kier molecular flexibility index (Phi) is 52.0. The minimum Gasteiger partial charge on any atom is -1.00 e. The van der Waals surface area contributed by atoms with Crippen molar-refractivity contribution in [1.82, 2.24) is 59.7 Å². The van der Waals surface area contributed by atoms with Crippen molar-refractivity contribution in [1.29, 1.82) is 0 Å². The number of H-pyrrole nitrogens is 1. The molecule has 23 nitrogen and oxygen atoms in total. The van der Waals surface area contributed by atoms with Crippen molar-refractivity contribution < 1.29 is 178 Å². The maximum Gasteiger partial charge on any atom is 1.00 e. The predicted octanol–water partition coefficient (Wildman–Crippen LogP) is 9.29. The zero-order valence-electron chi connectivity index (χ0n) is 73.3. The Morgan fingerprint density at radius 2 is 0.792 bits per heavy atom. The number of carbonyl (C=O) groups is 1. The number of aromatic amines is 1. The van der Waals surface area contributed by atoms with Crippen LogP contribution in [0.15, 0.2) is 179 Å². The fraction of sp³-hybridized carbons (Fsp3) is 0.194. The summed E-state index contributed by atoms with van der Waals surface area (Å²) in [6.45, 7) is 17.4. The number of rotatable bonds is 10. The number of carbonyl (C=O) groups excluding carboxylic acids is 1. The van der Waals surface area contributed by atoms with Crippen molar-refractivity contribution in [3.8, 4) is 229 Å². The first-order chi connectivity index (χ1) is 61.4. The third-order valence-electron chi connectivity index (χ3n) is 17.4. The van der Waals surface area contributed by atoms with Gasteiger partial charge in [-0.1, -0.05) is 91.4 Å². The second-order valence-electron chi connectivity index (χ2n) is 25.8. The van der Waals surface area contributed by atoms with Crippen LogP contribution in [0.3, 0.4) is 0 Å². The van der Waals surface area contributed by atoms with E-state index < -0.39 is 0 Å². The number of hydrogen-bond acceptors (Lipinski definition) is 20. The summed E-state index contributed by atoms with van der Waals surface area (Å²) in [7, 11) is 0. The second-order valence-corrected chi connectivity index (χ2v) is 26.1. The van der Waals surface area contributed by atoms with Gasteiger partial charge in [-0.15, -0.1) is 18.8 Å². The molecule has 130 heavy (non-hydrogen) atoms. The van der Waals surface area contributed by atoms with E-state index in [-0.39, 0.29) is 200 Å². The molecule has 3 aromatic carbocycles. The summed E-state index contributed by atoms with van der Waals surface area (Å²) in [6.07, 6.45) is 20.3. The molecule has 0 spiro atoms.